The van der Waals surface area contributed by atoms with E-state index in [1.807, 2.05) is 26.0 Å². The molecule has 0 atom stereocenters. The number of rotatable bonds is 1. The quantitative estimate of drug-likeness (QED) is 0.671. The predicted molar refractivity (Wildman–Crippen MR) is 63.3 cm³/mol. The molecule has 1 N–H and O–H groups in total. The fourth-order valence-electron chi connectivity index (χ4n) is 2.08. The number of aryl methyl sites for hydroxylation is 2. The van der Waals surface area contributed by atoms with E-state index in [0.717, 1.165) is 28.2 Å². The van der Waals surface area contributed by atoms with Gasteiger partial charge in [-0.1, -0.05) is 23.4 Å². The third-order valence-corrected chi connectivity index (χ3v) is 2.83. The van der Waals surface area contributed by atoms with Gasteiger partial charge in [-0.05, 0) is 26.0 Å². The molecule has 2 aromatic heterocycles. The van der Waals surface area contributed by atoms with Gasteiger partial charge in [0.05, 0.1) is 17.0 Å². The lowest BCUT2D eigenvalue weighted by Gasteiger charge is -1.93. The van der Waals surface area contributed by atoms with Crippen LogP contribution in [0.25, 0.3) is 22.2 Å². The van der Waals surface area contributed by atoms with E-state index < -0.39 is 0 Å². The molecule has 0 aliphatic carbocycles. The Morgan fingerprint density at radius 2 is 2.00 bits per heavy atom. The van der Waals surface area contributed by atoms with Crippen LogP contribution in [0.15, 0.2) is 34.9 Å². The number of aromatic nitrogens is 2. The molecule has 3 rings (SSSR count). The normalized spacial score (nSPS) is 11.1. The summed E-state index contributed by atoms with van der Waals surface area (Å²) in [6.45, 7) is 3.89. The maximum Gasteiger partial charge on any atom is 0.143 e. The topological polar surface area (TPSA) is 41.8 Å². The molecular weight excluding hydrogens is 200 g/mol. The maximum absolute atomic E-state index is 5.18. The van der Waals surface area contributed by atoms with Gasteiger partial charge in [-0.2, -0.15) is 0 Å². The van der Waals surface area contributed by atoms with Crippen LogP contribution in [0.3, 0.4) is 0 Å². The SMILES string of the molecule is Cc1noc(C)c1-c1cc2ccccc2[nH]1. The molecule has 0 radical (unpaired) electrons. The molecule has 0 aliphatic rings. The summed E-state index contributed by atoms with van der Waals surface area (Å²) in [5.41, 5.74) is 4.19. The van der Waals surface area contributed by atoms with Crippen molar-refractivity contribution in [2.45, 2.75) is 13.8 Å². The Kier molecular flexibility index (Phi) is 1.86. The highest BCUT2D eigenvalue weighted by atomic mass is 16.5. The third kappa shape index (κ3) is 1.25. The van der Waals surface area contributed by atoms with Gasteiger partial charge in [0.15, 0.2) is 0 Å². The molecule has 0 spiro atoms. The number of nitrogens with zero attached hydrogens (tertiary/aromatic N) is 1. The van der Waals surface area contributed by atoms with Crippen LogP contribution in [-0.4, -0.2) is 10.1 Å². The molecule has 0 aliphatic heterocycles. The van der Waals surface area contributed by atoms with Crippen LogP contribution in [-0.2, 0) is 0 Å². The molecule has 0 saturated carbocycles. The van der Waals surface area contributed by atoms with Gasteiger partial charge in [0.25, 0.3) is 0 Å². The first-order valence-electron chi connectivity index (χ1n) is 5.27. The van der Waals surface area contributed by atoms with Gasteiger partial charge in [0.1, 0.15) is 5.76 Å². The number of H-pyrrole nitrogens is 1. The van der Waals surface area contributed by atoms with E-state index in [1.54, 1.807) is 0 Å². The first kappa shape index (κ1) is 9.21. The van der Waals surface area contributed by atoms with Crippen molar-refractivity contribution in [2.75, 3.05) is 0 Å². The highest BCUT2D eigenvalue weighted by Gasteiger charge is 2.13. The molecule has 0 saturated heterocycles. The summed E-state index contributed by atoms with van der Waals surface area (Å²) in [7, 11) is 0. The lowest BCUT2D eigenvalue weighted by molar-refractivity contribution is 0.393. The fourth-order valence-corrected chi connectivity index (χ4v) is 2.08. The minimum absolute atomic E-state index is 0.851. The Balaban J connectivity index is 2.27. The Labute approximate surface area is 93.1 Å². The summed E-state index contributed by atoms with van der Waals surface area (Å²) in [6.07, 6.45) is 0. The Hall–Kier alpha value is -2.03. The number of fused-ring (bicyclic) bond motifs is 1. The molecule has 16 heavy (non-hydrogen) atoms. The van der Waals surface area contributed by atoms with Crippen LogP contribution < -0.4 is 0 Å². The van der Waals surface area contributed by atoms with Crippen LogP contribution in [0.2, 0.25) is 0 Å². The van der Waals surface area contributed by atoms with Gasteiger partial charge in [0, 0.05) is 10.9 Å². The van der Waals surface area contributed by atoms with E-state index in [-0.39, 0.29) is 0 Å². The van der Waals surface area contributed by atoms with E-state index in [2.05, 4.69) is 28.3 Å². The monoisotopic (exact) mass is 212 g/mol. The molecule has 0 unspecified atom stereocenters. The highest BCUT2D eigenvalue weighted by Crippen LogP contribution is 2.28. The van der Waals surface area contributed by atoms with Crippen molar-refractivity contribution in [3.8, 4) is 11.3 Å². The first-order chi connectivity index (χ1) is 7.75. The zero-order valence-electron chi connectivity index (χ0n) is 9.24. The van der Waals surface area contributed by atoms with Crippen molar-refractivity contribution >= 4 is 10.9 Å². The molecule has 0 fully saturated rings. The average molecular weight is 212 g/mol. The van der Waals surface area contributed by atoms with Gasteiger partial charge in [-0.15, -0.1) is 0 Å². The maximum atomic E-state index is 5.18. The van der Waals surface area contributed by atoms with Crippen LogP contribution in [0.4, 0.5) is 0 Å². The molecule has 2 heterocycles. The average Bonchev–Trinajstić information content (AvgIpc) is 2.82. The van der Waals surface area contributed by atoms with E-state index in [9.17, 15) is 0 Å². The number of nitrogens with one attached hydrogen (secondary N) is 1. The second kappa shape index (κ2) is 3.23. The van der Waals surface area contributed by atoms with Crippen molar-refractivity contribution in [3.63, 3.8) is 0 Å². The van der Waals surface area contributed by atoms with Gasteiger partial charge in [-0.3, -0.25) is 0 Å². The number of hydrogen-bond acceptors (Lipinski definition) is 2. The van der Waals surface area contributed by atoms with Crippen LogP contribution in [0.5, 0.6) is 0 Å². The van der Waals surface area contributed by atoms with E-state index in [4.69, 9.17) is 4.52 Å². The van der Waals surface area contributed by atoms with Crippen LogP contribution in [0.1, 0.15) is 11.5 Å². The highest BCUT2D eigenvalue weighted by molar-refractivity contribution is 5.86. The largest absolute Gasteiger partial charge is 0.361 e. The van der Waals surface area contributed by atoms with Crippen molar-refractivity contribution in [1.29, 1.82) is 0 Å². The summed E-state index contributed by atoms with van der Waals surface area (Å²) >= 11 is 0. The Morgan fingerprint density at radius 1 is 1.19 bits per heavy atom. The second-order valence-corrected chi connectivity index (χ2v) is 3.97. The fraction of sp³-hybridized carbons (Fsp3) is 0.154. The van der Waals surface area contributed by atoms with Gasteiger partial charge in [-0.25, -0.2) is 0 Å². The molecule has 80 valence electrons. The number of hydrogen-bond donors (Lipinski definition) is 1. The van der Waals surface area contributed by atoms with Gasteiger partial charge in [0.2, 0.25) is 0 Å². The Morgan fingerprint density at radius 3 is 2.69 bits per heavy atom. The summed E-state index contributed by atoms with van der Waals surface area (Å²) in [6, 6.07) is 10.3. The molecule has 0 bridgehead atoms. The summed E-state index contributed by atoms with van der Waals surface area (Å²) in [5, 5.41) is 5.17. The molecule has 3 aromatic rings. The number of para-hydroxylation sites is 1. The summed E-state index contributed by atoms with van der Waals surface area (Å²) < 4.78 is 5.18. The molecular formula is C13H12N2O. The predicted octanol–water partition coefficient (Wildman–Crippen LogP) is 3.44. The van der Waals surface area contributed by atoms with Gasteiger partial charge < -0.3 is 9.51 Å². The first-order valence-corrected chi connectivity index (χ1v) is 5.27. The summed E-state index contributed by atoms with van der Waals surface area (Å²) in [4.78, 5) is 3.38. The molecule has 0 amide bonds. The molecule has 1 aromatic carbocycles. The second-order valence-electron chi connectivity index (χ2n) is 3.97. The summed E-state index contributed by atoms with van der Waals surface area (Å²) in [5.74, 6) is 0.851. The van der Waals surface area contributed by atoms with E-state index in [1.165, 1.54) is 5.39 Å². The van der Waals surface area contributed by atoms with Crippen molar-refractivity contribution in [3.05, 3.63) is 41.8 Å². The number of aromatic amines is 1. The zero-order chi connectivity index (χ0) is 11.1. The lowest BCUT2D eigenvalue weighted by Crippen LogP contribution is -1.80. The molecule has 3 nitrogen and oxygen atoms in total. The van der Waals surface area contributed by atoms with Gasteiger partial charge >= 0.3 is 0 Å². The Bertz CT molecular complexity index is 596. The third-order valence-electron chi connectivity index (χ3n) is 2.83. The van der Waals surface area contributed by atoms with Crippen molar-refractivity contribution in [1.82, 2.24) is 10.1 Å². The van der Waals surface area contributed by atoms with E-state index in [0.29, 0.717) is 0 Å². The van der Waals surface area contributed by atoms with Crippen molar-refractivity contribution < 1.29 is 4.52 Å². The molecule has 3 heteroatoms. The zero-order valence-corrected chi connectivity index (χ0v) is 9.24. The lowest BCUT2D eigenvalue weighted by atomic mass is 10.1. The minimum Gasteiger partial charge on any atom is -0.361 e. The minimum atomic E-state index is 0.851. The smallest absolute Gasteiger partial charge is 0.143 e. The number of benzene rings is 1. The standard InChI is InChI=1S/C13H12N2O/c1-8-13(9(2)16-15-8)12-7-10-5-3-4-6-11(10)14-12/h3-7,14H,1-2H3. The van der Waals surface area contributed by atoms with Crippen molar-refractivity contribution in [2.24, 2.45) is 0 Å². The van der Waals surface area contributed by atoms with Crippen LogP contribution in [0, 0.1) is 13.8 Å². The van der Waals surface area contributed by atoms with Crippen LogP contribution >= 0.6 is 0 Å². The van der Waals surface area contributed by atoms with E-state index >= 15 is 0 Å².